The van der Waals surface area contributed by atoms with Crippen LogP contribution in [0.25, 0.3) is 0 Å². The highest BCUT2D eigenvalue weighted by Gasteiger charge is 2.61. The Bertz CT molecular complexity index is 944. The largest absolute Gasteiger partial charge is 0.392 e. The molecule has 0 amide bonds. The maximum Gasteiger partial charge on any atom is 0.155 e. The molecule has 4 aliphatic rings. The summed E-state index contributed by atoms with van der Waals surface area (Å²) in [5, 5.41) is 9.30. The van der Waals surface area contributed by atoms with Crippen molar-refractivity contribution in [2.75, 3.05) is 0 Å². The average Bonchev–Trinajstić information content (AvgIpc) is 3.20. The lowest BCUT2D eigenvalue weighted by Gasteiger charge is -2.59. The molecule has 3 heteroatoms. The lowest BCUT2D eigenvalue weighted by Crippen LogP contribution is -2.52. The highest BCUT2D eigenvalue weighted by molar-refractivity contribution is 5.91. The van der Waals surface area contributed by atoms with Crippen molar-refractivity contribution in [2.45, 2.75) is 91.1 Å². The molecule has 178 valence electrons. The van der Waals surface area contributed by atoms with E-state index in [1.165, 1.54) is 36.8 Å². The standard InChI is InChI=1S/C30H40O3/c1-20(32)26-11-12-28-25-10-9-23-18-24(33)13-16-29(23,2)27(25)14-17-30(26,28)15-3-4-21-5-7-22(19-31)8-6-21/h5-8,18,25-28,31H,3-4,9-17,19H2,1-2H3/t25-,26-,27-,28+,29-,30-/m1/s1. The van der Waals surface area contributed by atoms with E-state index in [1.54, 1.807) is 0 Å². The number of allylic oxidation sites excluding steroid dienone is 1. The van der Waals surface area contributed by atoms with Crippen molar-refractivity contribution in [1.82, 2.24) is 0 Å². The Balaban J connectivity index is 1.36. The number of carbonyl (C=O) groups is 2. The van der Waals surface area contributed by atoms with Gasteiger partial charge in [-0.15, -0.1) is 0 Å². The topological polar surface area (TPSA) is 54.4 Å². The van der Waals surface area contributed by atoms with Crippen molar-refractivity contribution in [3.8, 4) is 0 Å². The van der Waals surface area contributed by atoms with Crippen molar-refractivity contribution >= 4 is 11.6 Å². The third-order valence-electron chi connectivity index (χ3n) is 10.5. The van der Waals surface area contributed by atoms with Crippen LogP contribution in [0.3, 0.4) is 0 Å². The fourth-order valence-corrected chi connectivity index (χ4v) is 8.90. The van der Waals surface area contributed by atoms with Crippen molar-refractivity contribution in [3.63, 3.8) is 0 Å². The second-order valence-corrected chi connectivity index (χ2v) is 11.8. The van der Waals surface area contributed by atoms with Gasteiger partial charge in [-0.25, -0.2) is 0 Å². The molecule has 0 spiro atoms. The molecule has 3 saturated carbocycles. The number of aliphatic hydroxyl groups excluding tert-OH is 1. The molecule has 1 N–H and O–H groups in total. The molecule has 5 rings (SSSR count). The summed E-state index contributed by atoms with van der Waals surface area (Å²) in [5.74, 6) is 3.03. The molecule has 0 bridgehead atoms. The zero-order valence-corrected chi connectivity index (χ0v) is 20.4. The first-order chi connectivity index (χ1) is 15.9. The van der Waals surface area contributed by atoms with Gasteiger partial charge in [-0.1, -0.05) is 36.8 Å². The van der Waals surface area contributed by atoms with Gasteiger partial charge in [0.25, 0.3) is 0 Å². The van der Waals surface area contributed by atoms with Crippen LogP contribution >= 0.6 is 0 Å². The van der Waals surface area contributed by atoms with E-state index >= 15 is 0 Å². The van der Waals surface area contributed by atoms with Gasteiger partial charge < -0.3 is 5.11 Å². The lowest BCUT2D eigenvalue weighted by molar-refractivity contribution is -0.130. The number of aliphatic hydroxyl groups is 1. The Morgan fingerprint density at radius 2 is 1.76 bits per heavy atom. The SMILES string of the molecule is CC(=O)[C@H]1CC[C@H]2[C@@H]3CCC4=CC(=O)CC[C@@]4(C)[C@@H]3CC[C@]12CCCc1ccc(CO)cc1. The smallest absolute Gasteiger partial charge is 0.155 e. The van der Waals surface area contributed by atoms with E-state index in [1.807, 2.05) is 25.1 Å². The van der Waals surface area contributed by atoms with Crippen LogP contribution in [-0.2, 0) is 22.6 Å². The van der Waals surface area contributed by atoms with Gasteiger partial charge in [0.2, 0.25) is 0 Å². The van der Waals surface area contributed by atoms with Crippen LogP contribution in [0.1, 0.15) is 89.2 Å². The summed E-state index contributed by atoms with van der Waals surface area (Å²) >= 11 is 0. The van der Waals surface area contributed by atoms with Crippen molar-refractivity contribution in [3.05, 3.63) is 47.0 Å². The van der Waals surface area contributed by atoms with Gasteiger partial charge in [0.15, 0.2) is 5.78 Å². The number of ketones is 2. The molecular weight excluding hydrogens is 408 g/mol. The maximum absolute atomic E-state index is 12.8. The van der Waals surface area contributed by atoms with Crippen LogP contribution in [0.2, 0.25) is 0 Å². The van der Waals surface area contributed by atoms with E-state index in [2.05, 4.69) is 19.1 Å². The lowest BCUT2D eigenvalue weighted by atomic mass is 9.45. The predicted molar refractivity (Wildman–Crippen MR) is 131 cm³/mol. The summed E-state index contributed by atoms with van der Waals surface area (Å²) < 4.78 is 0. The number of carbonyl (C=O) groups excluding carboxylic acids is 2. The van der Waals surface area contributed by atoms with Crippen LogP contribution in [0, 0.1) is 34.5 Å². The summed E-state index contributed by atoms with van der Waals surface area (Å²) in [4.78, 5) is 24.9. The van der Waals surface area contributed by atoms with Crippen molar-refractivity contribution < 1.29 is 14.7 Å². The van der Waals surface area contributed by atoms with Crippen LogP contribution in [0.15, 0.2) is 35.9 Å². The molecule has 0 saturated heterocycles. The Hall–Kier alpha value is -1.74. The molecule has 3 nitrogen and oxygen atoms in total. The van der Waals surface area contributed by atoms with E-state index in [9.17, 15) is 14.7 Å². The van der Waals surface area contributed by atoms with E-state index < -0.39 is 0 Å². The number of aryl methyl sites for hydroxylation is 1. The molecule has 0 aliphatic heterocycles. The highest BCUT2D eigenvalue weighted by Crippen LogP contribution is 2.68. The first-order valence-electron chi connectivity index (χ1n) is 13.3. The van der Waals surface area contributed by atoms with Crippen LogP contribution in [0.4, 0.5) is 0 Å². The summed E-state index contributed by atoms with van der Waals surface area (Å²) in [5.41, 5.74) is 4.11. The third-order valence-corrected chi connectivity index (χ3v) is 10.5. The summed E-state index contributed by atoms with van der Waals surface area (Å²) in [6, 6.07) is 8.35. The van der Waals surface area contributed by atoms with Gasteiger partial charge in [-0.05, 0) is 117 Å². The van der Waals surface area contributed by atoms with Gasteiger partial charge in [-0.3, -0.25) is 9.59 Å². The Morgan fingerprint density at radius 3 is 2.48 bits per heavy atom. The number of Topliss-reactive ketones (excluding diaryl/α,β-unsaturated/α-hetero) is 1. The third kappa shape index (κ3) is 3.85. The fraction of sp³-hybridized carbons (Fsp3) is 0.667. The van der Waals surface area contributed by atoms with E-state index in [-0.39, 0.29) is 23.4 Å². The van der Waals surface area contributed by atoms with E-state index in [4.69, 9.17) is 0 Å². The molecule has 0 aromatic heterocycles. The molecule has 0 unspecified atom stereocenters. The first kappa shape index (κ1) is 23.0. The Kier molecular flexibility index (Phi) is 6.14. The molecular formula is C30H40O3. The average molecular weight is 449 g/mol. The second kappa shape index (κ2) is 8.80. The van der Waals surface area contributed by atoms with Crippen LogP contribution < -0.4 is 0 Å². The zero-order chi connectivity index (χ0) is 23.2. The molecule has 1 aromatic rings. The Labute approximate surface area is 199 Å². The number of hydrogen-bond acceptors (Lipinski definition) is 3. The minimum atomic E-state index is 0.0951. The van der Waals surface area contributed by atoms with E-state index in [0.717, 1.165) is 44.1 Å². The zero-order valence-electron chi connectivity index (χ0n) is 20.4. The predicted octanol–water partition coefficient (Wildman–Crippen LogP) is 6.22. The van der Waals surface area contributed by atoms with E-state index in [0.29, 0.717) is 35.7 Å². The van der Waals surface area contributed by atoms with Crippen LogP contribution in [0.5, 0.6) is 0 Å². The number of fused-ring (bicyclic) bond motifs is 5. The summed E-state index contributed by atoms with van der Waals surface area (Å²) in [6.45, 7) is 4.38. The molecule has 6 atom stereocenters. The highest BCUT2D eigenvalue weighted by atomic mass is 16.3. The monoisotopic (exact) mass is 448 g/mol. The van der Waals surface area contributed by atoms with Crippen molar-refractivity contribution in [1.29, 1.82) is 0 Å². The van der Waals surface area contributed by atoms with Crippen molar-refractivity contribution in [2.24, 2.45) is 34.5 Å². The summed E-state index contributed by atoms with van der Waals surface area (Å²) in [7, 11) is 0. The second-order valence-electron chi connectivity index (χ2n) is 11.8. The molecule has 0 radical (unpaired) electrons. The number of rotatable bonds is 6. The fourth-order valence-electron chi connectivity index (χ4n) is 8.90. The molecule has 4 aliphatic carbocycles. The van der Waals surface area contributed by atoms with Gasteiger partial charge in [0.1, 0.15) is 5.78 Å². The number of hydrogen-bond donors (Lipinski definition) is 1. The summed E-state index contributed by atoms with van der Waals surface area (Å²) in [6.07, 6.45) is 14.1. The number of benzene rings is 1. The van der Waals surface area contributed by atoms with Gasteiger partial charge >= 0.3 is 0 Å². The quantitative estimate of drug-likeness (QED) is 0.562. The minimum Gasteiger partial charge on any atom is -0.392 e. The van der Waals surface area contributed by atoms with Crippen LogP contribution in [-0.4, -0.2) is 16.7 Å². The van der Waals surface area contributed by atoms with Gasteiger partial charge in [0, 0.05) is 12.3 Å². The van der Waals surface area contributed by atoms with Gasteiger partial charge in [0.05, 0.1) is 6.61 Å². The first-order valence-corrected chi connectivity index (χ1v) is 13.3. The molecule has 33 heavy (non-hydrogen) atoms. The normalized spacial score (nSPS) is 37.7. The molecule has 1 aromatic carbocycles. The molecule has 0 heterocycles. The molecule has 3 fully saturated rings. The Morgan fingerprint density at radius 1 is 1.00 bits per heavy atom. The minimum absolute atomic E-state index is 0.0951. The maximum atomic E-state index is 12.8. The van der Waals surface area contributed by atoms with Gasteiger partial charge in [-0.2, -0.15) is 0 Å².